The SMILES string of the molecule is CC(C)CC(C)(NC(=O)CCCCCn1cc(-c2ccn(C(F)(F)F)n2)nn1)C(=O)O. The first kappa shape index (κ1) is 24.4. The smallest absolute Gasteiger partial charge is 0.480 e. The van der Waals surface area contributed by atoms with Crippen LogP contribution in [0.4, 0.5) is 13.2 Å². The number of carboxylic acids is 1. The molecule has 2 rings (SSSR count). The van der Waals surface area contributed by atoms with Crippen LogP contribution in [0.25, 0.3) is 11.4 Å². The van der Waals surface area contributed by atoms with Crippen LogP contribution >= 0.6 is 0 Å². The van der Waals surface area contributed by atoms with E-state index in [1.165, 1.54) is 23.9 Å². The molecule has 12 heteroatoms. The second kappa shape index (κ2) is 9.92. The number of hydrogen-bond donors (Lipinski definition) is 2. The Bertz CT molecular complexity index is 893. The zero-order valence-corrected chi connectivity index (χ0v) is 17.7. The van der Waals surface area contributed by atoms with Crippen molar-refractivity contribution < 1.29 is 27.9 Å². The van der Waals surface area contributed by atoms with Gasteiger partial charge in [-0.1, -0.05) is 25.5 Å². The van der Waals surface area contributed by atoms with Crippen LogP contribution < -0.4 is 5.32 Å². The molecule has 0 bridgehead atoms. The molecule has 0 spiro atoms. The number of halogens is 3. The van der Waals surface area contributed by atoms with Gasteiger partial charge in [-0.15, -0.1) is 18.3 Å². The van der Waals surface area contributed by atoms with E-state index < -0.39 is 17.8 Å². The van der Waals surface area contributed by atoms with Crippen LogP contribution in [-0.4, -0.2) is 47.3 Å². The molecule has 31 heavy (non-hydrogen) atoms. The van der Waals surface area contributed by atoms with Gasteiger partial charge in [0.15, 0.2) is 0 Å². The number of unbranched alkanes of at least 4 members (excludes halogenated alkanes) is 2. The Balaban J connectivity index is 1.75. The Labute approximate surface area is 177 Å². The lowest BCUT2D eigenvalue weighted by molar-refractivity contribution is -0.212. The van der Waals surface area contributed by atoms with E-state index in [9.17, 15) is 27.9 Å². The number of nitrogens with zero attached hydrogens (tertiary/aromatic N) is 5. The molecule has 0 aliphatic carbocycles. The molecule has 1 amide bonds. The minimum absolute atomic E-state index is 0.0723. The minimum atomic E-state index is -4.59. The van der Waals surface area contributed by atoms with E-state index >= 15 is 0 Å². The van der Waals surface area contributed by atoms with Gasteiger partial charge < -0.3 is 10.4 Å². The van der Waals surface area contributed by atoms with E-state index in [2.05, 4.69) is 20.7 Å². The molecule has 9 nitrogen and oxygen atoms in total. The fraction of sp³-hybridized carbons (Fsp3) is 0.632. The van der Waals surface area contributed by atoms with Crippen molar-refractivity contribution in [3.8, 4) is 11.4 Å². The maximum Gasteiger partial charge on any atom is 0.504 e. The topological polar surface area (TPSA) is 115 Å². The Kier molecular flexibility index (Phi) is 7.80. The van der Waals surface area contributed by atoms with Gasteiger partial charge in [-0.25, -0.2) is 4.79 Å². The molecule has 2 aromatic rings. The molecule has 0 aliphatic heterocycles. The number of hydrogen-bond acceptors (Lipinski definition) is 5. The van der Waals surface area contributed by atoms with Crippen LogP contribution in [0.3, 0.4) is 0 Å². The molecule has 0 fully saturated rings. The minimum Gasteiger partial charge on any atom is -0.480 e. The number of carboxylic acid groups (broad SMARTS) is 1. The lowest BCUT2D eigenvalue weighted by atomic mass is 9.90. The monoisotopic (exact) mass is 444 g/mol. The van der Waals surface area contributed by atoms with Gasteiger partial charge in [0.2, 0.25) is 5.91 Å². The molecule has 1 unspecified atom stereocenters. The molecule has 0 saturated carbocycles. The summed E-state index contributed by atoms with van der Waals surface area (Å²) in [4.78, 5) is 23.6. The van der Waals surface area contributed by atoms with E-state index in [-0.39, 0.29) is 34.3 Å². The van der Waals surface area contributed by atoms with Crippen molar-refractivity contribution in [2.24, 2.45) is 5.92 Å². The lowest BCUT2D eigenvalue weighted by Crippen LogP contribution is -2.52. The normalized spacial score (nSPS) is 13.9. The van der Waals surface area contributed by atoms with E-state index in [1.807, 2.05) is 13.8 Å². The molecule has 2 N–H and O–H groups in total. The summed E-state index contributed by atoms with van der Waals surface area (Å²) >= 11 is 0. The first-order valence-electron chi connectivity index (χ1n) is 9.98. The molecular weight excluding hydrogens is 417 g/mol. The first-order valence-corrected chi connectivity index (χ1v) is 9.98. The highest BCUT2D eigenvalue weighted by molar-refractivity contribution is 5.86. The van der Waals surface area contributed by atoms with Crippen LogP contribution in [0.2, 0.25) is 0 Å². The number of amides is 1. The number of carbonyl (C=O) groups is 2. The highest BCUT2D eigenvalue weighted by atomic mass is 19.4. The number of aromatic nitrogens is 5. The van der Waals surface area contributed by atoms with Crippen molar-refractivity contribution in [1.29, 1.82) is 0 Å². The molecule has 0 aromatic carbocycles. The van der Waals surface area contributed by atoms with Crippen molar-refractivity contribution in [3.05, 3.63) is 18.5 Å². The maximum atomic E-state index is 12.6. The largest absolute Gasteiger partial charge is 0.504 e. The molecule has 0 saturated heterocycles. The van der Waals surface area contributed by atoms with E-state index in [0.717, 1.165) is 6.20 Å². The summed E-state index contributed by atoms with van der Waals surface area (Å²) in [6.45, 7) is 5.78. The quantitative estimate of drug-likeness (QED) is 0.515. The predicted molar refractivity (Wildman–Crippen MR) is 105 cm³/mol. The van der Waals surface area contributed by atoms with Gasteiger partial charge in [-0.05, 0) is 38.2 Å². The standard InChI is InChI=1S/C19H27F3N6O3/c1-13(2)11-18(3,17(30)31)23-16(29)7-5-4-6-9-27-12-15(24-26-27)14-8-10-28(25-14)19(20,21)22/h8,10,12-13H,4-7,9,11H2,1-3H3,(H,23,29)(H,30,31). The molecule has 0 radical (unpaired) electrons. The van der Waals surface area contributed by atoms with Crippen LogP contribution in [-0.2, 0) is 22.4 Å². The molecule has 2 aromatic heterocycles. The van der Waals surface area contributed by atoms with Crippen LogP contribution in [0.15, 0.2) is 18.5 Å². The number of alkyl halides is 3. The lowest BCUT2D eigenvalue weighted by Gasteiger charge is -2.28. The van der Waals surface area contributed by atoms with Gasteiger partial charge in [0.1, 0.15) is 16.9 Å². The highest BCUT2D eigenvalue weighted by Gasteiger charge is 2.35. The summed E-state index contributed by atoms with van der Waals surface area (Å²) in [5, 5.41) is 23.2. The third-order valence-corrected chi connectivity index (χ3v) is 4.64. The van der Waals surface area contributed by atoms with Crippen molar-refractivity contribution in [1.82, 2.24) is 30.1 Å². The fourth-order valence-corrected chi connectivity index (χ4v) is 3.24. The van der Waals surface area contributed by atoms with Crippen LogP contribution in [0, 0.1) is 5.92 Å². The Morgan fingerprint density at radius 2 is 1.90 bits per heavy atom. The average Bonchev–Trinajstić information content (AvgIpc) is 3.29. The van der Waals surface area contributed by atoms with Crippen molar-refractivity contribution in [2.45, 2.75) is 71.3 Å². The van der Waals surface area contributed by atoms with Crippen LogP contribution in [0.1, 0.15) is 52.9 Å². The van der Waals surface area contributed by atoms with Crippen molar-refractivity contribution in [2.75, 3.05) is 0 Å². The average molecular weight is 444 g/mol. The van der Waals surface area contributed by atoms with Gasteiger partial charge in [0.25, 0.3) is 0 Å². The molecule has 172 valence electrons. The van der Waals surface area contributed by atoms with E-state index in [4.69, 9.17) is 0 Å². The number of aliphatic carboxylic acids is 1. The first-order chi connectivity index (χ1) is 14.4. The number of rotatable bonds is 11. The van der Waals surface area contributed by atoms with Gasteiger partial charge >= 0.3 is 12.3 Å². The van der Waals surface area contributed by atoms with Gasteiger partial charge in [0, 0.05) is 19.2 Å². The molecule has 1 atom stereocenters. The third-order valence-electron chi connectivity index (χ3n) is 4.64. The summed E-state index contributed by atoms with van der Waals surface area (Å²) in [6.07, 6.45) is 0.227. The molecule has 2 heterocycles. The second-order valence-corrected chi connectivity index (χ2v) is 8.07. The summed E-state index contributed by atoms with van der Waals surface area (Å²) in [7, 11) is 0. The van der Waals surface area contributed by atoms with Crippen molar-refractivity contribution in [3.63, 3.8) is 0 Å². The number of aryl methyl sites for hydroxylation is 1. The summed E-state index contributed by atoms with van der Waals surface area (Å²) in [5.41, 5.74) is -0.981. The molecule has 0 aliphatic rings. The summed E-state index contributed by atoms with van der Waals surface area (Å²) in [6, 6.07) is 1.21. The molecular formula is C19H27F3N6O3. The zero-order valence-electron chi connectivity index (χ0n) is 17.7. The Hall–Kier alpha value is -2.92. The van der Waals surface area contributed by atoms with E-state index in [0.29, 0.717) is 32.2 Å². The summed E-state index contributed by atoms with van der Waals surface area (Å²) in [5.74, 6) is -1.25. The van der Waals surface area contributed by atoms with Crippen LogP contribution in [0.5, 0.6) is 0 Å². The zero-order chi connectivity index (χ0) is 23.2. The van der Waals surface area contributed by atoms with E-state index in [1.54, 1.807) is 0 Å². The van der Waals surface area contributed by atoms with Gasteiger partial charge in [-0.2, -0.15) is 9.78 Å². The predicted octanol–water partition coefficient (Wildman–Crippen LogP) is 3.18. The third kappa shape index (κ3) is 7.07. The Morgan fingerprint density at radius 3 is 2.48 bits per heavy atom. The maximum absolute atomic E-state index is 12.6. The highest BCUT2D eigenvalue weighted by Crippen LogP contribution is 2.23. The van der Waals surface area contributed by atoms with Gasteiger partial charge in [0.05, 0.1) is 6.20 Å². The fourth-order valence-electron chi connectivity index (χ4n) is 3.24. The Morgan fingerprint density at radius 1 is 1.19 bits per heavy atom. The second-order valence-electron chi connectivity index (χ2n) is 8.07. The number of nitrogens with one attached hydrogen (secondary N) is 1. The van der Waals surface area contributed by atoms with Crippen molar-refractivity contribution >= 4 is 11.9 Å². The van der Waals surface area contributed by atoms with Gasteiger partial charge in [-0.3, -0.25) is 9.48 Å². The summed E-state index contributed by atoms with van der Waals surface area (Å²) < 4.78 is 39.2. The number of carbonyl (C=O) groups excluding carboxylic acids is 1.